The van der Waals surface area contributed by atoms with E-state index in [1.165, 1.54) is 12.1 Å². The summed E-state index contributed by atoms with van der Waals surface area (Å²) in [5, 5.41) is 35.9. The first-order valence-corrected chi connectivity index (χ1v) is 7.22. The molecule has 0 heterocycles. The van der Waals surface area contributed by atoms with Crippen molar-refractivity contribution in [3.8, 4) is 11.5 Å². The van der Waals surface area contributed by atoms with Crippen LogP contribution >= 0.6 is 0 Å². The normalized spacial score (nSPS) is 11.3. The highest BCUT2D eigenvalue weighted by Gasteiger charge is 2.08. The molecule has 118 valence electrons. The van der Waals surface area contributed by atoms with Gasteiger partial charge in [0.05, 0.1) is 11.4 Å². The van der Waals surface area contributed by atoms with E-state index in [9.17, 15) is 10.2 Å². The lowest BCUT2D eigenvalue weighted by molar-refractivity contribution is 0.452. The molecule has 0 aliphatic carbocycles. The van der Waals surface area contributed by atoms with Gasteiger partial charge in [0.1, 0.15) is 22.9 Å². The average Bonchev–Trinajstić information content (AvgIpc) is 2.62. The molecular weight excluding hydrogens is 304 g/mol. The monoisotopic (exact) mass is 318 g/mol. The molecule has 6 heteroatoms. The van der Waals surface area contributed by atoms with Crippen LogP contribution in [0, 0.1) is 0 Å². The molecule has 3 aromatic carbocycles. The van der Waals surface area contributed by atoms with Crippen LogP contribution in [0.1, 0.15) is 0 Å². The van der Waals surface area contributed by atoms with Crippen molar-refractivity contribution in [2.75, 3.05) is 0 Å². The fraction of sp³-hybridized carbons (Fsp3) is 0. The number of azo groups is 2. The molecule has 0 aromatic heterocycles. The van der Waals surface area contributed by atoms with Crippen molar-refractivity contribution >= 4 is 22.7 Å². The number of phenolic OH excluding ortho intramolecular Hbond substituents is 2. The van der Waals surface area contributed by atoms with Gasteiger partial charge in [-0.1, -0.05) is 36.4 Å². The Morgan fingerprint density at radius 1 is 0.500 bits per heavy atom. The second kappa shape index (κ2) is 7.15. The summed E-state index contributed by atoms with van der Waals surface area (Å²) in [6.07, 6.45) is 0. The first-order valence-electron chi connectivity index (χ1n) is 7.22. The van der Waals surface area contributed by atoms with E-state index in [1.54, 1.807) is 24.3 Å². The zero-order chi connectivity index (χ0) is 16.8. The van der Waals surface area contributed by atoms with Crippen molar-refractivity contribution in [1.29, 1.82) is 0 Å². The van der Waals surface area contributed by atoms with Gasteiger partial charge in [0.25, 0.3) is 0 Å². The van der Waals surface area contributed by atoms with E-state index in [2.05, 4.69) is 20.5 Å². The van der Waals surface area contributed by atoms with Crippen molar-refractivity contribution in [2.45, 2.75) is 0 Å². The number of hydrogen-bond donors (Lipinski definition) is 2. The van der Waals surface area contributed by atoms with E-state index in [0.29, 0.717) is 11.4 Å². The molecule has 0 atom stereocenters. The van der Waals surface area contributed by atoms with Crippen molar-refractivity contribution in [3.63, 3.8) is 0 Å². The Morgan fingerprint density at radius 3 is 1.33 bits per heavy atom. The first-order chi connectivity index (χ1) is 11.7. The fourth-order valence-electron chi connectivity index (χ4n) is 1.93. The van der Waals surface area contributed by atoms with Gasteiger partial charge >= 0.3 is 0 Å². The van der Waals surface area contributed by atoms with Gasteiger partial charge in [0.2, 0.25) is 0 Å². The number of aromatic hydroxyl groups is 2. The van der Waals surface area contributed by atoms with Crippen LogP contribution in [0.4, 0.5) is 22.7 Å². The van der Waals surface area contributed by atoms with Crippen LogP contribution in [0.2, 0.25) is 0 Å². The van der Waals surface area contributed by atoms with Gasteiger partial charge in [-0.05, 0) is 24.3 Å². The van der Waals surface area contributed by atoms with E-state index in [0.717, 1.165) is 0 Å². The van der Waals surface area contributed by atoms with Crippen molar-refractivity contribution < 1.29 is 10.2 Å². The predicted octanol–water partition coefficient (Wildman–Crippen LogP) is 5.93. The molecule has 0 saturated carbocycles. The molecule has 0 radical (unpaired) electrons. The summed E-state index contributed by atoms with van der Waals surface area (Å²) in [7, 11) is 0. The zero-order valence-corrected chi connectivity index (χ0v) is 12.6. The lowest BCUT2D eigenvalue weighted by Crippen LogP contribution is -1.72. The second-order valence-electron chi connectivity index (χ2n) is 4.90. The van der Waals surface area contributed by atoms with Crippen LogP contribution in [0.15, 0.2) is 93.3 Å². The fourth-order valence-corrected chi connectivity index (χ4v) is 1.93. The lowest BCUT2D eigenvalue weighted by atomic mass is 10.2. The molecule has 0 aliphatic heterocycles. The Bertz CT molecular complexity index is 808. The van der Waals surface area contributed by atoms with Gasteiger partial charge in [-0.25, -0.2) is 0 Å². The molecule has 6 nitrogen and oxygen atoms in total. The second-order valence-corrected chi connectivity index (χ2v) is 4.90. The molecular formula is C18H14N4O2. The zero-order valence-electron chi connectivity index (χ0n) is 12.6. The minimum Gasteiger partial charge on any atom is -0.505 e. The van der Waals surface area contributed by atoms with E-state index in [4.69, 9.17) is 0 Å². The molecule has 0 unspecified atom stereocenters. The molecule has 0 aliphatic rings. The lowest BCUT2D eigenvalue weighted by Gasteiger charge is -2.02. The Kier molecular flexibility index (Phi) is 4.57. The van der Waals surface area contributed by atoms with Gasteiger partial charge in [0, 0.05) is 12.1 Å². The molecule has 3 rings (SSSR count). The van der Waals surface area contributed by atoms with Crippen LogP contribution < -0.4 is 0 Å². The van der Waals surface area contributed by atoms with Gasteiger partial charge in [0.15, 0.2) is 0 Å². The number of rotatable bonds is 4. The molecule has 2 N–H and O–H groups in total. The smallest absolute Gasteiger partial charge is 0.146 e. The maximum absolute atomic E-state index is 9.89. The van der Waals surface area contributed by atoms with Crippen LogP contribution in [-0.2, 0) is 0 Å². The molecule has 0 saturated heterocycles. The summed E-state index contributed by atoms with van der Waals surface area (Å²) in [5.74, 6) is -0.378. The summed E-state index contributed by atoms with van der Waals surface area (Å²) in [6.45, 7) is 0. The Balaban J connectivity index is 1.89. The summed E-state index contributed by atoms with van der Waals surface area (Å²) in [4.78, 5) is 0. The van der Waals surface area contributed by atoms with Crippen molar-refractivity contribution in [1.82, 2.24) is 0 Å². The first kappa shape index (κ1) is 15.4. The number of nitrogens with zero attached hydrogens (tertiary/aromatic N) is 4. The largest absolute Gasteiger partial charge is 0.505 e. The Morgan fingerprint density at radius 2 is 0.917 bits per heavy atom. The van der Waals surface area contributed by atoms with Gasteiger partial charge < -0.3 is 10.2 Å². The summed E-state index contributed by atoms with van der Waals surface area (Å²) >= 11 is 0. The highest BCUT2D eigenvalue weighted by atomic mass is 16.3. The number of benzene rings is 3. The van der Waals surface area contributed by atoms with E-state index in [1.807, 2.05) is 36.4 Å². The third kappa shape index (κ3) is 3.80. The third-order valence-corrected chi connectivity index (χ3v) is 3.13. The summed E-state index contributed by atoms with van der Waals surface area (Å²) in [5.41, 5.74) is 1.69. The molecule has 24 heavy (non-hydrogen) atoms. The minimum absolute atomic E-state index is 0.189. The minimum atomic E-state index is -0.189. The SMILES string of the molecule is Oc1cc(O)c(N=Nc2ccccc2)cc1N=Nc1ccccc1. The van der Waals surface area contributed by atoms with Crippen molar-refractivity contribution in [3.05, 3.63) is 72.8 Å². The van der Waals surface area contributed by atoms with E-state index in [-0.39, 0.29) is 22.9 Å². The van der Waals surface area contributed by atoms with Gasteiger partial charge in [-0.2, -0.15) is 10.2 Å². The average molecular weight is 318 g/mol. The summed E-state index contributed by atoms with van der Waals surface area (Å²) in [6, 6.07) is 20.8. The third-order valence-electron chi connectivity index (χ3n) is 3.13. The van der Waals surface area contributed by atoms with Crippen LogP contribution in [0.5, 0.6) is 11.5 Å². The Hall–Kier alpha value is -3.54. The molecule has 0 amide bonds. The van der Waals surface area contributed by atoms with Crippen LogP contribution in [0.3, 0.4) is 0 Å². The van der Waals surface area contributed by atoms with Gasteiger partial charge in [-0.15, -0.1) is 10.2 Å². The van der Waals surface area contributed by atoms with E-state index < -0.39 is 0 Å². The van der Waals surface area contributed by atoms with Crippen molar-refractivity contribution in [2.24, 2.45) is 20.5 Å². The summed E-state index contributed by atoms with van der Waals surface area (Å²) < 4.78 is 0. The highest BCUT2D eigenvalue weighted by Crippen LogP contribution is 2.39. The molecule has 0 spiro atoms. The highest BCUT2D eigenvalue weighted by molar-refractivity contribution is 5.65. The number of phenols is 2. The predicted molar refractivity (Wildman–Crippen MR) is 91.0 cm³/mol. The van der Waals surface area contributed by atoms with E-state index >= 15 is 0 Å². The quantitative estimate of drug-likeness (QED) is 0.584. The van der Waals surface area contributed by atoms with Crippen LogP contribution in [-0.4, -0.2) is 10.2 Å². The molecule has 0 bridgehead atoms. The standard InChI is InChI=1S/C18H14N4O2/c23-17-12-18(24)16(22-20-14-9-5-2-6-10-14)11-15(17)21-19-13-7-3-1-4-8-13/h1-12,23-24H. The molecule has 3 aromatic rings. The maximum Gasteiger partial charge on any atom is 0.146 e. The van der Waals surface area contributed by atoms with Crippen LogP contribution in [0.25, 0.3) is 0 Å². The number of hydrogen-bond acceptors (Lipinski definition) is 6. The molecule has 0 fully saturated rings. The Labute approximate surface area is 138 Å². The topological polar surface area (TPSA) is 89.9 Å². The van der Waals surface area contributed by atoms with Gasteiger partial charge in [-0.3, -0.25) is 0 Å². The maximum atomic E-state index is 9.89.